The molecule has 2 heterocycles. The van der Waals surface area contributed by atoms with E-state index in [9.17, 15) is 18.0 Å². The Bertz CT molecular complexity index is 1410. The third-order valence-corrected chi connectivity index (χ3v) is 7.02. The highest BCUT2D eigenvalue weighted by Crippen LogP contribution is 2.19. The number of carbonyl (C=O) groups excluding carboxylic acids is 2. The molecule has 0 saturated heterocycles. The van der Waals surface area contributed by atoms with Gasteiger partial charge in [-0.15, -0.1) is 11.3 Å². The lowest BCUT2D eigenvalue weighted by molar-refractivity contribution is 0.101. The van der Waals surface area contributed by atoms with Crippen LogP contribution in [0.2, 0.25) is 0 Å². The van der Waals surface area contributed by atoms with Crippen molar-refractivity contribution >= 4 is 44.5 Å². The summed E-state index contributed by atoms with van der Waals surface area (Å²) in [5.41, 5.74) is 1.58. The number of amides is 2. The molecule has 0 saturated carbocycles. The van der Waals surface area contributed by atoms with Gasteiger partial charge in [-0.1, -0.05) is 18.2 Å². The Balaban J connectivity index is 1.44. The van der Waals surface area contributed by atoms with Gasteiger partial charge < -0.3 is 10.6 Å². The number of carbonyl (C=O) groups is 2. The first-order valence-corrected chi connectivity index (χ1v) is 12.5. The number of aromatic nitrogens is 1. The van der Waals surface area contributed by atoms with Crippen LogP contribution in [0.25, 0.3) is 0 Å². The Hall–Kier alpha value is -3.86. The maximum absolute atomic E-state index is 12.8. The smallest absolute Gasteiger partial charge is 0.255 e. The van der Waals surface area contributed by atoms with E-state index in [1.54, 1.807) is 36.4 Å². The van der Waals surface area contributed by atoms with Crippen molar-refractivity contribution in [1.82, 2.24) is 9.71 Å². The minimum absolute atomic E-state index is 0.00456. The van der Waals surface area contributed by atoms with Crippen molar-refractivity contribution in [1.29, 1.82) is 0 Å². The molecule has 10 heteroatoms. The van der Waals surface area contributed by atoms with Gasteiger partial charge in [-0.3, -0.25) is 14.6 Å². The fourth-order valence-electron chi connectivity index (χ4n) is 3.05. The third kappa shape index (κ3) is 5.93. The van der Waals surface area contributed by atoms with Gasteiger partial charge in [-0.25, -0.2) is 13.1 Å². The molecule has 34 heavy (non-hydrogen) atoms. The fourth-order valence-corrected chi connectivity index (χ4v) is 4.84. The Kier molecular flexibility index (Phi) is 7.12. The molecule has 0 aliphatic heterocycles. The Morgan fingerprint density at radius 2 is 1.47 bits per heavy atom. The maximum atomic E-state index is 12.8. The molecule has 2 aromatic carbocycles. The molecule has 0 atom stereocenters. The van der Waals surface area contributed by atoms with Gasteiger partial charge in [-0.05, 0) is 60.0 Å². The molecule has 0 spiro atoms. The first-order chi connectivity index (χ1) is 16.4. The van der Waals surface area contributed by atoms with E-state index in [1.807, 2.05) is 17.5 Å². The zero-order valence-corrected chi connectivity index (χ0v) is 19.4. The van der Waals surface area contributed by atoms with Crippen molar-refractivity contribution in [2.24, 2.45) is 0 Å². The number of pyridine rings is 1. The predicted molar refractivity (Wildman–Crippen MR) is 131 cm³/mol. The van der Waals surface area contributed by atoms with E-state index < -0.39 is 15.9 Å². The van der Waals surface area contributed by atoms with Crippen LogP contribution in [0.15, 0.2) is 95.5 Å². The van der Waals surface area contributed by atoms with Crippen LogP contribution in [0, 0.1) is 0 Å². The molecule has 0 bridgehead atoms. The monoisotopic (exact) mass is 492 g/mol. The van der Waals surface area contributed by atoms with Gasteiger partial charge in [0, 0.05) is 46.3 Å². The van der Waals surface area contributed by atoms with Crippen molar-refractivity contribution in [2.75, 3.05) is 10.6 Å². The summed E-state index contributed by atoms with van der Waals surface area (Å²) in [6.07, 6.45) is 3.05. The van der Waals surface area contributed by atoms with Crippen molar-refractivity contribution in [3.8, 4) is 0 Å². The summed E-state index contributed by atoms with van der Waals surface area (Å²) in [4.78, 5) is 29.9. The molecular weight excluding hydrogens is 472 g/mol. The Morgan fingerprint density at radius 3 is 2.15 bits per heavy atom. The van der Waals surface area contributed by atoms with Crippen LogP contribution in [-0.2, 0) is 16.6 Å². The number of nitrogens with zero attached hydrogens (tertiary/aromatic N) is 1. The molecule has 0 unspecified atom stereocenters. The van der Waals surface area contributed by atoms with Crippen molar-refractivity contribution in [3.63, 3.8) is 0 Å². The lowest BCUT2D eigenvalue weighted by atomic mass is 10.2. The molecular formula is C24H20N4O4S2. The molecule has 0 fully saturated rings. The fraction of sp³-hybridized carbons (Fsp3) is 0.0417. The molecule has 2 aromatic heterocycles. The molecule has 3 N–H and O–H groups in total. The van der Waals surface area contributed by atoms with Crippen LogP contribution < -0.4 is 15.4 Å². The standard InChI is InChI=1S/C24H20N4O4S2/c29-23(17-9-11-25-12-10-17)27-19-5-2-6-20(15-19)28-24(30)18-4-1-8-22(14-18)34(31,32)26-16-21-7-3-13-33-21/h1-15,26H,16H2,(H,27,29)(H,28,30). The average molecular weight is 493 g/mol. The number of nitrogens with one attached hydrogen (secondary N) is 3. The lowest BCUT2D eigenvalue weighted by Crippen LogP contribution is -2.23. The maximum Gasteiger partial charge on any atom is 0.255 e. The number of anilines is 2. The summed E-state index contributed by atoms with van der Waals surface area (Å²) in [6.45, 7) is 0.175. The molecule has 2 amide bonds. The number of sulfonamides is 1. The summed E-state index contributed by atoms with van der Waals surface area (Å²) in [5, 5.41) is 7.36. The van der Waals surface area contributed by atoms with Crippen LogP contribution in [0.1, 0.15) is 25.6 Å². The van der Waals surface area contributed by atoms with E-state index >= 15 is 0 Å². The van der Waals surface area contributed by atoms with Crippen molar-refractivity contribution in [2.45, 2.75) is 11.4 Å². The normalized spacial score (nSPS) is 11.1. The van der Waals surface area contributed by atoms with Crippen LogP contribution in [0.4, 0.5) is 11.4 Å². The van der Waals surface area contributed by atoms with E-state index in [-0.39, 0.29) is 22.9 Å². The average Bonchev–Trinajstić information content (AvgIpc) is 3.38. The second kappa shape index (κ2) is 10.4. The SMILES string of the molecule is O=C(Nc1cccc(NC(=O)c2cccc(S(=O)(=O)NCc3cccs3)c2)c1)c1ccncc1. The van der Waals surface area contributed by atoms with Crippen LogP contribution in [-0.4, -0.2) is 25.2 Å². The van der Waals surface area contributed by atoms with Gasteiger partial charge in [-0.2, -0.15) is 0 Å². The van der Waals surface area contributed by atoms with Crippen molar-refractivity contribution in [3.05, 3.63) is 107 Å². The highest BCUT2D eigenvalue weighted by Gasteiger charge is 2.17. The zero-order valence-electron chi connectivity index (χ0n) is 17.8. The van der Waals surface area contributed by atoms with Gasteiger partial charge in [0.15, 0.2) is 0 Å². The van der Waals surface area contributed by atoms with Crippen LogP contribution in [0.3, 0.4) is 0 Å². The summed E-state index contributed by atoms with van der Waals surface area (Å²) < 4.78 is 27.8. The highest BCUT2D eigenvalue weighted by atomic mass is 32.2. The van der Waals surface area contributed by atoms with Gasteiger partial charge in [0.05, 0.1) is 4.90 Å². The largest absolute Gasteiger partial charge is 0.322 e. The summed E-state index contributed by atoms with van der Waals surface area (Å²) in [5.74, 6) is -0.785. The minimum Gasteiger partial charge on any atom is -0.322 e. The number of hydrogen-bond donors (Lipinski definition) is 3. The third-order valence-electron chi connectivity index (χ3n) is 4.74. The van der Waals surface area contributed by atoms with E-state index in [2.05, 4.69) is 20.3 Å². The van der Waals surface area contributed by atoms with E-state index in [0.29, 0.717) is 16.9 Å². The van der Waals surface area contributed by atoms with Gasteiger partial charge in [0.2, 0.25) is 10.0 Å². The number of thiophene rings is 1. The van der Waals surface area contributed by atoms with Crippen LogP contribution >= 0.6 is 11.3 Å². The topological polar surface area (TPSA) is 117 Å². The summed E-state index contributed by atoms with van der Waals surface area (Å²) in [7, 11) is -3.79. The van der Waals surface area contributed by atoms with E-state index in [1.165, 1.54) is 48.0 Å². The minimum atomic E-state index is -3.79. The first-order valence-electron chi connectivity index (χ1n) is 10.2. The second-order valence-electron chi connectivity index (χ2n) is 7.16. The first kappa shape index (κ1) is 23.3. The zero-order chi connectivity index (χ0) is 24.0. The summed E-state index contributed by atoms with van der Waals surface area (Å²) in [6, 6.07) is 19.3. The van der Waals surface area contributed by atoms with E-state index in [0.717, 1.165) is 4.88 Å². The Morgan fingerprint density at radius 1 is 0.794 bits per heavy atom. The van der Waals surface area contributed by atoms with E-state index in [4.69, 9.17) is 0 Å². The van der Waals surface area contributed by atoms with Crippen molar-refractivity contribution < 1.29 is 18.0 Å². The number of hydrogen-bond acceptors (Lipinski definition) is 6. The molecule has 0 radical (unpaired) electrons. The van der Waals surface area contributed by atoms with Crippen LogP contribution in [0.5, 0.6) is 0 Å². The second-order valence-corrected chi connectivity index (χ2v) is 9.96. The van der Waals surface area contributed by atoms with Gasteiger partial charge in [0.1, 0.15) is 0 Å². The highest BCUT2D eigenvalue weighted by molar-refractivity contribution is 7.89. The Labute approximate surface area is 200 Å². The number of rotatable bonds is 8. The molecule has 4 aromatic rings. The molecule has 0 aliphatic rings. The molecule has 4 rings (SSSR count). The van der Waals surface area contributed by atoms with Gasteiger partial charge in [0.25, 0.3) is 11.8 Å². The molecule has 172 valence electrons. The predicted octanol–water partition coefficient (Wildman–Crippen LogP) is 4.13. The quantitative estimate of drug-likeness (QED) is 0.342. The molecule has 0 aliphatic carbocycles. The summed E-state index contributed by atoms with van der Waals surface area (Å²) >= 11 is 1.45. The molecule has 8 nitrogen and oxygen atoms in total. The lowest BCUT2D eigenvalue weighted by Gasteiger charge is -2.10. The van der Waals surface area contributed by atoms with Gasteiger partial charge >= 0.3 is 0 Å². The number of benzene rings is 2.